The van der Waals surface area contributed by atoms with E-state index in [1.54, 1.807) is 0 Å². The quantitative estimate of drug-likeness (QED) is 0.600. The van der Waals surface area contributed by atoms with E-state index in [9.17, 15) is 0 Å². The topological polar surface area (TPSA) is 12.0 Å². The molecular weight excluding hydrogens is 174 g/mol. The third kappa shape index (κ3) is 1.35. The Morgan fingerprint density at radius 3 is 3.18 bits per heavy atom. The zero-order valence-corrected chi connectivity index (χ0v) is 7.88. The normalized spacial score (nSPS) is 21.1. The van der Waals surface area contributed by atoms with E-state index < -0.39 is 0 Å². The second kappa shape index (κ2) is 2.64. The molecule has 1 aliphatic rings. The highest BCUT2D eigenvalue weighted by atomic mass is 32.2. The summed E-state index contributed by atoms with van der Waals surface area (Å²) in [5.41, 5.74) is 1.24. The molecule has 0 bridgehead atoms. The number of hydrogen-bond donors (Lipinski definition) is 2. The summed E-state index contributed by atoms with van der Waals surface area (Å²) >= 11 is 6.12. The van der Waals surface area contributed by atoms with E-state index in [-0.39, 0.29) is 0 Å². The number of fused-ring (bicyclic) bond motifs is 1. The molecule has 1 atom stereocenters. The molecule has 0 saturated carbocycles. The van der Waals surface area contributed by atoms with Gasteiger partial charge in [-0.3, -0.25) is 0 Å². The summed E-state index contributed by atoms with van der Waals surface area (Å²) in [5.74, 6) is 0. The Balaban J connectivity index is 2.43. The van der Waals surface area contributed by atoms with Crippen molar-refractivity contribution in [2.75, 3.05) is 5.32 Å². The maximum Gasteiger partial charge on any atom is 0.0741 e. The van der Waals surface area contributed by atoms with Crippen LogP contribution < -0.4 is 5.32 Å². The van der Waals surface area contributed by atoms with Gasteiger partial charge in [-0.15, -0.1) is 12.6 Å². The van der Waals surface area contributed by atoms with E-state index in [1.165, 1.54) is 10.6 Å². The van der Waals surface area contributed by atoms with Crippen molar-refractivity contribution < 1.29 is 0 Å². The van der Waals surface area contributed by atoms with Crippen LogP contribution >= 0.6 is 24.4 Å². The molecule has 1 heterocycles. The average molecular weight is 183 g/mol. The van der Waals surface area contributed by atoms with Crippen LogP contribution in [0.5, 0.6) is 0 Å². The molecule has 1 nitrogen and oxygen atoms in total. The SMILES string of the molecule is CC1Nc2ccc(S)cc2S1. The van der Waals surface area contributed by atoms with Crippen molar-refractivity contribution in [2.45, 2.75) is 22.1 Å². The van der Waals surface area contributed by atoms with Gasteiger partial charge >= 0.3 is 0 Å². The Kier molecular flexibility index (Phi) is 1.77. The summed E-state index contributed by atoms with van der Waals surface area (Å²) in [4.78, 5) is 2.34. The van der Waals surface area contributed by atoms with E-state index in [2.05, 4.69) is 37.0 Å². The van der Waals surface area contributed by atoms with Crippen LogP contribution in [0, 0.1) is 0 Å². The largest absolute Gasteiger partial charge is 0.372 e. The second-order valence-corrected chi connectivity index (χ2v) is 4.48. The van der Waals surface area contributed by atoms with Crippen LogP contribution in [0.1, 0.15) is 6.92 Å². The van der Waals surface area contributed by atoms with Crippen LogP contribution in [-0.2, 0) is 0 Å². The smallest absolute Gasteiger partial charge is 0.0741 e. The summed E-state index contributed by atoms with van der Waals surface area (Å²) in [7, 11) is 0. The molecule has 0 spiro atoms. The first-order valence-electron chi connectivity index (χ1n) is 3.52. The van der Waals surface area contributed by atoms with Gasteiger partial charge in [0.1, 0.15) is 0 Å². The van der Waals surface area contributed by atoms with Crippen molar-refractivity contribution in [3.05, 3.63) is 18.2 Å². The monoisotopic (exact) mass is 183 g/mol. The van der Waals surface area contributed by atoms with Crippen LogP contribution in [0.2, 0.25) is 0 Å². The minimum Gasteiger partial charge on any atom is -0.372 e. The Morgan fingerprint density at radius 1 is 1.55 bits per heavy atom. The number of rotatable bonds is 0. The fourth-order valence-electron chi connectivity index (χ4n) is 1.17. The van der Waals surface area contributed by atoms with Crippen molar-refractivity contribution in [1.82, 2.24) is 0 Å². The van der Waals surface area contributed by atoms with E-state index in [4.69, 9.17) is 0 Å². The van der Waals surface area contributed by atoms with Crippen LogP contribution in [-0.4, -0.2) is 5.37 Å². The molecule has 0 amide bonds. The average Bonchev–Trinajstić information content (AvgIpc) is 2.27. The summed E-state index contributed by atoms with van der Waals surface area (Å²) in [6.07, 6.45) is 0. The van der Waals surface area contributed by atoms with Gasteiger partial charge in [0.15, 0.2) is 0 Å². The Hall–Kier alpha value is -0.280. The van der Waals surface area contributed by atoms with Crippen LogP contribution in [0.25, 0.3) is 0 Å². The number of thiol groups is 1. The summed E-state index contributed by atoms with van der Waals surface area (Å²) in [5, 5.41) is 3.85. The van der Waals surface area contributed by atoms with Gasteiger partial charge in [-0.05, 0) is 25.1 Å². The summed E-state index contributed by atoms with van der Waals surface area (Å²) < 4.78 is 0. The molecule has 1 aromatic rings. The second-order valence-electron chi connectivity index (χ2n) is 2.58. The number of benzene rings is 1. The van der Waals surface area contributed by atoms with E-state index in [1.807, 2.05) is 17.8 Å². The third-order valence-corrected chi connectivity index (χ3v) is 2.97. The molecule has 11 heavy (non-hydrogen) atoms. The van der Waals surface area contributed by atoms with Crippen molar-refractivity contribution >= 4 is 30.1 Å². The number of thioether (sulfide) groups is 1. The molecule has 2 rings (SSSR count). The van der Waals surface area contributed by atoms with Gasteiger partial charge in [-0.2, -0.15) is 0 Å². The van der Waals surface area contributed by atoms with Gasteiger partial charge in [0.05, 0.1) is 5.37 Å². The standard InChI is InChI=1S/C8H9NS2/c1-5-9-7-3-2-6(10)4-8(7)11-5/h2-5,9-10H,1H3. The molecule has 1 N–H and O–H groups in total. The summed E-state index contributed by atoms with van der Waals surface area (Å²) in [6.45, 7) is 2.16. The molecule has 3 heteroatoms. The lowest BCUT2D eigenvalue weighted by molar-refractivity contribution is 1.15. The highest BCUT2D eigenvalue weighted by molar-refractivity contribution is 8.00. The lowest BCUT2D eigenvalue weighted by atomic mass is 10.3. The molecule has 0 fully saturated rings. The molecule has 0 aliphatic carbocycles. The maximum absolute atomic E-state index is 4.27. The first-order chi connectivity index (χ1) is 5.25. The highest BCUT2D eigenvalue weighted by Gasteiger charge is 2.16. The third-order valence-electron chi connectivity index (χ3n) is 1.63. The zero-order chi connectivity index (χ0) is 7.84. The first kappa shape index (κ1) is 7.37. The minimum atomic E-state index is 0.500. The van der Waals surface area contributed by atoms with Gasteiger partial charge in [0, 0.05) is 15.5 Å². The van der Waals surface area contributed by atoms with Gasteiger partial charge in [-0.25, -0.2) is 0 Å². The van der Waals surface area contributed by atoms with E-state index in [0.717, 1.165) is 4.90 Å². The molecule has 0 saturated heterocycles. The molecule has 0 aromatic heterocycles. The molecule has 0 radical (unpaired) electrons. The Bertz CT molecular complexity index is 285. The number of nitrogens with one attached hydrogen (secondary N) is 1. The Labute approximate surface area is 76.0 Å². The fraction of sp³-hybridized carbons (Fsp3) is 0.250. The fourth-order valence-corrected chi connectivity index (χ4v) is 2.47. The molecule has 58 valence electrons. The van der Waals surface area contributed by atoms with Crippen molar-refractivity contribution in [2.24, 2.45) is 0 Å². The van der Waals surface area contributed by atoms with Gasteiger partial charge in [-0.1, -0.05) is 11.8 Å². The maximum atomic E-state index is 4.27. The lowest BCUT2D eigenvalue weighted by Gasteiger charge is -1.99. The predicted octanol–water partition coefficient (Wildman–Crippen LogP) is 2.84. The predicted molar refractivity (Wildman–Crippen MR) is 52.6 cm³/mol. The number of anilines is 1. The Morgan fingerprint density at radius 2 is 2.36 bits per heavy atom. The minimum absolute atomic E-state index is 0.500. The van der Waals surface area contributed by atoms with E-state index in [0.29, 0.717) is 5.37 Å². The first-order valence-corrected chi connectivity index (χ1v) is 4.84. The van der Waals surface area contributed by atoms with Gasteiger partial charge in [0.2, 0.25) is 0 Å². The number of hydrogen-bond acceptors (Lipinski definition) is 3. The lowest BCUT2D eigenvalue weighted by Crippen LogP contribution is -2.02. The van der Waals surface area contributed by atoms with Crippen molar-refractivity contribution in [1.29, 1.82) is 0 Å². The molecule has 1 aliphatic heterocycles. The van der Waals surface area contributed by atoms with Gasteiger partial charge < -0.3 is 5.32 Å². The van der Waals surface area contributed by atoms with Crippen molar-refractivity contribution in [3.63, 3.8) is 0 Å². The molecule has 1 aromatic carbocycles. The van der Waals surface area contributed by atoms with Crippen LogP contribution in [0.3, 0.4) is 0 Å². The van der Waals surface area contributed by atoms with E-state index >= 15 is 0 Å². The van der Waals surface area contributed by atoms with Gasteiger partial charge in [0.25, 0.3) is 0 Å². The van der Waals surface area contributed by atoms with Crippen LogP contribution in [0.15, 0.2) is 28.0 Å². The molecule has 1 unspecified atom stereocenters. The summed E-state index contributed by atoms with van der Waals surface area (Å²) in [6, 6.07) is 6.18. The zero-order valence-electron chi connectivity index (χ0n) is 6.16. The van der Waals surface area contributed by atoms with Crippen molar-refractivity contribution in [3.8, 4) is 0 Å². The van der Waals surface area contributed by atoms with Crippen LogP contribution in [0.4, 0.5) is 5.69 Å². The molecular formula is C8H9NS2. The highest BCUT2D eigenvalue weighted by Crippen LogP contribution is 2.38.